The van der Waals surface area contributed by atoms with Crippen LogP contribution < -0.4 is 10.1 Å². The summed E-state index contributed by atoms with van der Waals surface area (Å²) in [6.45, 7) is 6.31. The van der Waals surface area contributed by atoms with Crippen molar-refractivity contribution >= 4 is 5.91 Å². The number of piperidine rings is 2. The first-order chi connectivity index (χ1) is 12.7. The lowest BCUT2D eigenvalue weighted by molar-refractivity contribution is -0.134. The van der Waals surface area contributed by atoms with E-state index in [1.807, 2.05) is 12.1 Å². The second-order valence-corrected chi connectivity index (χ2v) is 8.11. The highest BCUT2D eigenvalue weighted by Gasteiger charge is 2.27. The highest BCUT2D eigenvalue weighted by molar-refractivity contribution is 5.76. The molecule has 1 aromatic rings. The normalized spacial score (nSPS) is 20.8. The summed E-state index contributed by atoms with van der Waals surface area (Å²) in [6, 6.07) is 8.30. The molecule has 2 aliphatic heterocycles. The lowest BCUT2D eigenvalue weighted by atomic mass is 9.83. The van der Waals surface area contributed by atoms with Crippen LogP contribution in [0.2, 0.25) is 0 Å². The highest BCUT2D eigenvalue weighted by Crippen LogP contribution is 2.29. The van der Waals surface area contributed by atoms with E-state index >= 15 is 0 Å². The number of nitrogens with zero attached hydrogens (tertiary/aromatic N) is 1. The van der Waals surface area contributed by atoms with E-state index in [0.29, 0.717) is 23.7 Å². The third-order valence-corrected chi connectivity index (χ3v) is 6.35. The number of para-hydroxylation sites is 1. The Morgan fingerprint density at radius 3 is 2.58 bits per heavy atom. The number of ether oxygens (including phenoxy) is 1. The minimum absolute atomic E-state index is 0.367. The van der Waals surface area contributed by atoms with Crippen LogP contribution in [0.1, 0.15) is 44.6 Å². The van der Waals surface area contributed by atoms with Crippen LogP contribution in [0.25, 0.3) is 0 Å². The molecule has 1 amide bonds. The van der Waals surface area contributed by atoms with Gasteiger partial charge in [0.2, 0.25) is 5.91 Å². The van der Waals surface area contributed by atoms with Gasteiger partial charge in [-0.25, -0.2) is 0 Å². The zero-order chi connectivity index (χ0) is 18.4. The van der Waals surface area contributed by atoms with Gasteiger partial charge in [-0.15, -0.1) is 0 Å². The zero-order valence-electron chi connectivity index (χ0n) is 16.4. The molecule has 1 N–H and O–H groups in total. The molecule has 2 aliphatic rings. The molecule has 2 fully saturated rings. The maximum absolute atomic E-state index is 12.7. The number of rotatable bonds is 6. The van der Waals surface area contributed by atoms with Gasteiger partial charge in [-0.1, -0.05) is 25.1 Å². The van der Waals surface area contributed by atoms with Crippen molar-refractivity contribution in [2.24, 2.45) is 17.8 Å². The van der Waals surface area contributed by atoms with Gasteiger partial charge in [0, 0.05) is 19.5 Å². The van der Waals surface area contributed by atoms with E-state index in [0.717, 1.165) is 57.6 Å². The minimum Gasteiger partial charge on any atom is -0.496 e. The zero-order valence-corrected chi connectivity index (χ0v) is 16.4. The fourth-order valence-corrected chi connectivity index (χ4v) is 4.55. The molecule has 1 aromatic carbocycles. The van der Waals surface area contributed by atoms with Gasteiger partial charge in [-0.3, -0.25) is 4.79 Å². The van der Waals surface area contributed by atoms with Gasteiger partial charge in [-0.05, 0) is 74.6 Å². The second kappa shape index (κ2) is 9.40. The van der Waals surface area contributed by atoms with Gasteiger partial charge in [0.1, 0.15) is 5.75 Å². The standard InChI is InChI=1S/C22H34N2O2/c1-17(19-7-11-23-12-8-19)15-22(25)24-13-9-18(10-14-24)16-20-5-3-4-6-21(20)26-2/h3-6,17-19,23H,7-16H2,1-2H3. The molecule has 4 heteroatoms. The molecule has 4 nitrogen and oxygen atoms in total. The van der Waals surface area contributed by atoms with Crippen LogP contribution in [0.15, 0.2) is 24.3 Å². The van der Waals surface area contributed by atoms with Crippen LogP contribution >= 0.6 is 0 Å². The average molecular weight is 359 g/mol. The van der Waals surface area contributed by atoms with E-state index in [9.17, 15) is 4.79 Å². The molecule has 1 unspecified atom stereocenters. The second-order valence-electron chi connectivity index (χ2n) is 8.11. The smallest absolute Gasteiger partial charge is 0.222 e. The average Bonchev–Trinajstić information content (AvgIpc) is 2.69. The molecule has 0 radical (unpaired) electrons. The highest BCUT2D eigenvalue weighted by atomic mass is 16.5. The Kier molecular flexibility index (Phi) is 6.95. The first-order valence-electron chi connectivity index (χ1n) is 10.3. The number of benzene rings is 1. The Morgan fingerprint density at radius 1 is 1.19 bits per heavy atom. The van der Waals surface area contributed by atoms with Crippen molar-refractivity contribution in [1.82, 2.24) is 10.2 Å². The van der Waals surface area contributed by atoms with Crippen molar-refractivity contribution in [3.8, 4) is 5.75 Å². The van der Waals surface area contributed by atoms with Gasteiger partial charge < -0.3 is 15.0 Å². The summed E-state index contributed by atoms with van der Waals surface area (Å²) in [6.07, 6.45) is 6.42. The first-order valence-corrected chi connectivity index (χ1v) is 10.3. The van der Waals surface area contributed by atoms with Crippen molar-refractivity contribution < 1.29 is 9.53 Å². The SMILES string of the molecule is COc1ccccc1CC1CCN(C(=O)CC(C)C2CCNCC2)CC1. The molecule has 0 spiro atoms. The molecule has 0 bridgehead atoms. The number of amides is 1. The Morgan fingerprint density at radius 2 is 1.88 bits per heavy atom. The van der Waals surface area contributed by atoms with Crippen molar-refractivity contribution in [3.05, 3.63) is 29.8 Å². The molecule has 3 rings (SSSR count). The Labute approximate surface area is 158 Å². The van der Waals surface area contributed by atoms with Crippen LogP contribution in [-0.4, -0.2) is 44.1 Å². The van der Waals surface area contributed by atoms with Gasteiger partial charge >= 0.3 is 0 Å². The minimum atomic E-state index is 0.367. The predicted octanol–water partition coefficient (Wildman–Crippen LogP) is 3.50. The molecule has 2 saturated heterocycles. The van der Waals surface area contributed by atoms with E-state index in [-0.39, 0.29) is 0 Å². The van der Waals surface area contributed by atoms with E-state index in [4.69, 9.17) is 4.74 Å². The van der Waals surface area contributed by atoms with Crippen molar-refractivity contribution in [2.75, 3.05) is 33.3 Å². The van der Waals surface area contributed by atoms with E-state index < -0.39 is 0 Å². The lowest BCUT2D eigenvalue weighted by Gasteiger charge is -2.34. The molecular weight excluding hydrogens is 324 g/mol. The third-order valence-electron chi connectivity index (χ3n) is 6.35. The summed E-state index contributed by atoms with van der Waals surface area (Å²) < 4.78 is 5.48. The fourth-order valence-electron chi connectivity index (χ4n) is 4.55. The maximum Gasteiger partial charge on any atom is 0.222 e. The molecule has 1 atom stereocenters. The lowest BCUT2D eigenvalue weighted by Crippen LogP contribution is -2.40. The summed E-state index contributed by atoms with van der Waals surface area (Å²) in [4.78, 5) is 14.8. The molecule has 0 saturated carbocycles. The van der Waals surface area contributed by atoms with Crippen molar-refractivity contribution in [1.29, 1.82) is 0 Å². The predicted molar refractivity (Wildman–Crippen MR) is 105 cm³/mol. The quantitative estimate of drug-likeness (QED) is 0.846. The van der Waals surface area contributed by atoms with Crippen molar-refractivity contribution in [3.63, 3.8) is 0 Å². The number of hydrogen-bond donors (Lipinski definition) is 1. The molecule has 26 heavy (non-hydrogen) atoms. The summed E-state index contributed by atoms with van der Waals surface area (Å²) in [7, 11) is 1.74. The summed E-state index contributed by atoms with van der Waals surface area (Å²) in [5, 5.41) is 3.41. The van der Waals surface area contributed by atoms with Crippen LogP contribution in [-0.2, 0) is 11.2 Å². The monoisotopic (exact) mass is 358 g/mol. The van der Waals surface area contributed by atoms with Gasteiger partial charge in [-0.2, -0.15) is 0 Å². The van der Waals surface area contributed by atoms with E-state index in [1.165, 1.54) is 18.4 Å². The molecule has 2 heterocycles. The molecular formula is C22H34N2O2. The summed E-state index contributed by atoms with van der Waals surface area (Å²) >= 11 is 0. The van der Waals surface area contributed by atoms with Crippen LogP contribution in [0.5, 0.6) is 5.75 Å². The molecule has 0 aromatic heterocycles. The summed E-state index contributed by atoms with van der Waals surface area (Å²) in [5.74, 6) is 3.23. The number of nitrogens with one attached hydrogen (secondary N) is 1. The Balaban J connectivity index is 1.44. The Hall–Kier alpha value is -1.55. The number of likely N-dealkylation sites (tertiary alicyclic amines) is 1. The van der Waals surface area contributed by atoms with E-state index in [1.54, 1.807) is 7.11 Å². The number of methoxy groups -OCH3 is 1. The van der Waals surface area contributed by atoms with E-state index in [2.05, 4.69) is 29.3 Å². The van der Waals surface area contributed by atoms with Crippen molar-refractivity contribution in [2.45, 2.75) is 45.4 Å². The van der Waals surface area contributed by atoms with Gasteiger partial charge in [0.25, 0.3) is 0 Å². The van der Waals surface area contributed by atoms with Crippen LogP contribution in [0, 0.1) is 17.8 Å². The number of carbonyl (C=O) groups excluding carboxylic acids is 1. The largest absolute Gasteiger partial charge is 0.496 e. The number of hydrogen-bond acceptors (Lipinski definition) is 3. The van der Waals surface area contributed by atoms with Gasteiger partial charge in [0.15, 0.2) is 0 Å². The fraction of sp³-hybridized carbons (Fsp3) is 0.682. The van der Waals surface area contributed by atoms with Gasteiger partial charge in [0.05, 0.1) is 7.11 Å². The van der Waals surface area contributed by atoms with Crippen LogP contribution in [0.3, 0.4) is 0 Å². The Bertz CT molecular complexity index is 575. The molecule has 0 aliphatic carbocycles. The topological polar surface area (TPSA) is 41.6 Å². The number of carbonyl (C=O) groups is 1. The summed E-state index contributed by atoms with van der Waals surface area (Å²) in [5.41, 5.74) is 1.29. The maximum atomic E-state index is 12.7. The van der Waals surface area contributed by atoms with Crippen LogP contribution in [0.4, 0.5) is 0 Å². The third kappa shape index (κ3) is 5.00. The first kappa shape index (κ1) is 19.2. The molecule has 144 valence electrons.